The molecule has 1 fully saturated rings. The van der Waals surface area contributed by atoms with E-state index < -0.39 is 16.1 Å². The fourth-order valence-electron chi connectivity index (χ4n) is 3.91. The predicted octanol–water partition coefficient (Wildman–Crippen LogP) is 2.54. The van der Waals surface area contributed by atoms with Crippen LogP contribution >= 0.6 is 0 Å². The molecule has 3 rings (SSSR count). The van der Waals surface area contributed by atoms with E-state index in [9.17, 15) is 18.0 Å². The van der Waals surface area contributed by atoms with Crippen molar-refractivity contribution in [2.45, 2.75) is 50.1 Å². The molecule has 1 saturated heterocycles. The van der Waals surface area contributed by atoms with Gasteiger partial charge in [0.2, 0.25) is 21.8 Å². The van der Waals surface area contributed by atoms with Gasteiger partial charge in [0.1, 0.15) is 5.75 Å². The lowest BCUT2D eigenvalue weighted by Crippen LogP contribution is -2.47. The van der Waals surface area contributed by atoms with Gasteiger partial charge < -0.3 is 15.4 Å². The van der Waals surface area contributed by atoms with Crippen molar-refractivity contribution >= 4 is 21.8 Å². The molecule has 0 spiro atoms. The van der Waals surface area contributed by atoms with Crippen molar-refractivity contribution in [1.29, 1.82) is 0 Å². The first-order valence-corrected chi connectivity index (χ1v) is 12.4. The molecule has 1 aliphatic heterocycles. The van der Waals surface area contributed by atoms with Gasteiger partial charge in [0.15, 0.2) is 0 Å². The number of ether oxygens (including phenoxy) is 1. The van der Waals surface area contributed by atoms with Gasteiger partial charge in [-0.1, -0.05) is 29.8 Å². The fraction of sp³-hybridized carbons (Fsp3) is 0.417. The number of amides is 2. The van der Waals surface area contributed by atoms with Crippen molar-refractivity contribution in [1.82, 2.24) is 14.9 Å². The predicted molar refractivity (Wildman–Crippen MR) is 125 cm³/mol. The molecule has 2 amide bonds. The standard InChI is InChI=1S/C24H31N3O5S/c1-17-4-6-19(7-5-17)23(25-18(2)28)16-24(29)26-20-12-14-27(15-13-20)33(30,31)22-10-8-21(32-3)9-11-22/h4-11,20,23H,12-16H2,1-3H3,(H,25,28)(H,26,29). The summed E-state index contributed by atoms with van der Waals surface area (Å²) in [5.41, 5.74) is 1.97. The number of carbonyl (C=O) groups is 2. The van der Waals surface area contributed by atoms with E-state index in [0.29, 0.717) is 31.7 Å². The van der Waals surface area contributed by atoms with Gasteiger partial charge in [0.05, 0.1) is 24.5 Å². The molecule has 178 valence electrons. The third-order valence-corrected chi connectivity index (χ3v) is 7.68. The lowest BCUT2D eigenvalue weighted by Gasteiger charge is -2.32. The minimum Gasteiger partial charge on any atom is -0.497 e. The van der Waals surface area contributed by atoms with Crippen LogP contribution in [0.25, 0.3) is 0 Å². The van der Waals surface area contributed by atoms with E-state index in [1.165, 1.54) is 30.5 Å². The molecular weight excluding hydrogens is 442 g/mol. The lowest BCUT2D eigenvalue weighted by atomic mass is 10.0. The Labute approximate surface area is 195 Å². The van der Waals surface area contributed by atoms with E-state index in [1.807, 2.05) is 31.2 Å². The Hall–Kier alpha value is -2.91. The van der Waals surface area contributed by atoms with E-state index in [-0.39, 0.29) is 29.2 Å². The summed E-state index contributed by atoms with van der Waals surface area (Å²) in [6.45, 7) is 4.06. The maximum absolute atomic E-state index is 12.9. The molecule has 1 heterocycles. The Morgan fingerprint density at radius 1 is 1.06 bits per heavy atom. The number of hydrogen-bond acceptors (Lipinski definition) is 5. The highest BCUT2D eigenvalue weighted by Crippen LogP contribution is 2.23. The van der Waals surface area contributed by atoms with Crippen molar-refractivity contribution in [3.05, 3.63) is 59.7 Å². The molecule has 8 nitrogen and oxygen atoms in total. The van der Waals surface area contributed by atoms with E-state index in [2.05, 4.69) is 10.6 Å². The Bertz CT molecular complexity index is 1060. The number of benzene rings is 2. The van der Waals surface area contributed by atoms with Crippen molar-refractivity contribution < 1.29 is 22.7 Å². The maximum atomic E-state index is 12.9. The highest BCUT2D eigenvalue weighted by atomic mass is 32.2. The largest absolute Gasteiger partial charge is 0.497 e. The zero-order valence-corrected chi connectivity index (χ0v) is 20.0. The quantitative estimate of drug-likeness (QED) is 0.613. The lowest BCUT2D eigenvalue weighted by molar-refractivity contribution is -0.123. The number of nitrogens with one attached hydrogen (secondary N) is 2. The Balaban J connectivity index is 1.56. The number of sulfonamides is 1. The third-order valence-electron chi connectivity index (χ3n) is 5.76. The summed E-state index contributed by atoms with van der Waals surface area (Å²) < 4.78 is 32.3. The molecule has 2 aromatic carbocycles. The van der Waals surface area contributed by atoms with Crippen LogP contribution in [0.15, 0.2) is 53.4 Å². The number of nitrogens with zero attached hydrogens (tertiary/aromatic N) is 1. The van der Waals surface area contributed by atoms with E-state index in [4.69, 9.17) is 4.74 Å². The van der Waals surface area contributed by atoms with Gasteiger partial charge >= 0.3 is 0 Å². The van der Waals surface area contributed by atoms with Gasteiger partial charge in [-0.05, 0) is 49.6 Å². The monoisotopic (exact) mass is 473 g/mol. The van der Waals surface area contributed by atoms with Crippen LogP contribution < -0.4 is 15.4 Å². The van der Waals surface area contributed by atoms with E-state index in [1.54, 1.807) is 12.1 Å². The van der Waals surface area contributed by atoms with Gasteiger partial charge in [-0.2, -0.15) is 4.31 Å². The highest BCUT2D eigenvalue weighted by molar-refractivity contribution is 7.89. The second-order valence-electron chi connectivity index (χ2n) is 8.29. The summed E-state index contributed by atoms with van der Waals surface area (Å²) in [6.07, 6.45) is 1.17. The molecule has 2 aromatic rings. The first kappa shape index (κ1) is 24.7. The molecule has 0 bridgehead atoms. The molecule has 0 saturated carbocycles. The topological polar surface area (TPSA) is 105 Å². The second-order valence-corrected chi connectivity index (χ2v) is 10.2. The molecule has 1 aliphatic rings. The van der Waals surface area contributed by atoms with Crippen LogP contribution in [-0.4, -0.2) is 50.8 Å². The van der Waals surface area contributed by atoms with E-state index >= 15 is 0 Å². The Morgan fingerprint density at radius 2 is 1.67 bits per heavy atom. The fourth-order valence-corrected chi connectivity index (χ4v) is 5.38. The molecular formula is C24H31N3O5S. The summed E-state index contributed by atoms with van der Waals surface area (Å²) in [5, 5.41) is 5.84. The normalized spacial score (nSPS) is 16.1. The minimum absolute atomic E-state index is 0.115. The second kappa shape index (κ2) is 10.8. The van der Waals surface area contributed by atoms with Crippen LogP contribution in [-0.2, 0) is 19.6 Å². The summed E-state index contributed by atoms with van der Waals surface area (Å²) >= 11 is 0. The van der Waals surface area contributed by atoms with Gasteiger partial charge in [-0.25, -0.2) is 8.42 Å². The summed E-state index contributed by atoms with van der Waals surface area (Å²) in [4.78, 5) is 24.6. The summed E-state index contributed by atoms with van der Waals surface area (Å²) in [7, 11) is -2.06. The van der Waals surface area contributed by atoms with E-state index in [0.717, 1.165) is 11.1 Å². The SMILES string of the molecule is COc1ccc(S(=O)(=O)N2CCC(NC(=O)CC(NC(C)=O)c3ccc(C)cc3)CC2)cc1. The average Bonchev–Trinajstić information content (AvgIpc) is 2.79. The van der Waals surface area contributed by atoms with Crippen LogP contribution in [0, 0.1) is 6.92 Å². The molecule has 0 radical (unpaired) electrons. The number of carbonyl (C=O) groups excluding carboxylic acids is 2. The van der Waals surface area contributed by atoms with Gasteiger partial charge in [-0.3, -0.25) is 9.59 Å². The highest BCUT2D eigenvalue weighted by Gasteiger charge is 2.30. The zero-order chi connectivity index (χ0) is 24.0. The number of aryl methyl sites for hydroxylation is 1. The number of hydrogen-bond donors (Lipinski definition) is 2. The molecule has 0 aromatic heterocycles. The third kappa shape index (κ3) is 6.55. The Morgan fingerprint density at radius 3 is 2.21 bits per heavy atom. The molecule has 1 atom stereocenters. The van der Waals surface area contributed by atoms with Gasteiger partial charge in [-0.15, -0.1) is 0 Å². The first-order valence-electron chi connectivity index (χ1n) is 11.0. The van der Waals surface area contributed by atoms with Gasteiger partial charge in [0, 0.05) is 26.1 Å². The summed E-state index contributed by atoms with van der Waals surface area (Å²) in [6, 6.07) is 13.5. The molecule has 2 N–H and O–H groups in total. The molecule has 9 heteroatoms. The van der Waals surface area contributed by atoms with Crippen molar-refractivity contribution in [3.8, 4) is 5.75 Å². The van der Waals surface area contributed by atoms with Gasteiger partial charge in [0.25, 0.3) is 0 Å². The smallest absolute Gasteiger partial charge is 0.243 e. The molecule has 0 aliphatic carbocycles. The van der Waals surface area contributed by atoms with Crippen molar-refractivity contribution in [2.24, 2.45) is 0 Å². The first-order chi connectivity index (χ1) is 15.7. The molecule has 33 heavy (non-hydrogen) atoms. The number of rotatable bonds is 8. The van der Waals surface area contributed by atoms with Crippen LogP contribution in [0.3, 0.4) is 0 Å². The zero-order valence-electron chi connectivity index (χ0n) is 19.2. The number of methoxy groups -OCH3 is 1. The van der Waals surface area contributed by atoms with Crippen LogP contribution in [0.1, 0.15) is 43.4 Å². The van der Waals surface area contributed by atoms with Crippen LogP contribution in [0.4, 0.5) is 0 Å². The maximum Gasteiger partial charge on any atom is 0.243 e. The number of piperidine rings is 1. The van der Waals surface area contributed by atoms with Crippen LogP contribution in [0.2, 0.25) is 0 Å². The average molecular weight is 474 g/mol. The van der Waals surface area contributed by atoms with Crippen molar-refractivity contribution in [2.75, 3.05) is 20.2 Å². The van der Waals surface area contributed by atoms with Crippen LogP contribution in [0.5, 0.6) is 5.75 Å². The van der Waals surface area contributed by atoms with Crippen molar-refractivity contribution in [3.63, 3.8) is 0 Å². The Kier molecular flexibility index (Phi) is 8.10. The molecule has 1 unspecified atom stereocenters. The minimum atomic E-state index is -3.59. The summed E-state index contributed by atoms with van der Waals surface area (Å²) in [5.74, 6) is 0.217.